The highest BCUT2D eigenvalue weighted by Crippen LogP contribution is 2.54. The first-order valence-electron chi connectivity index (χ1n) is 7.92. The van der Waals surface area contributed by atoms with Gasteiger partial charge in [-0.15, -0.1) is 0 Å². The molecule has 2 nitrogen and oxygen atoms in total. The zero-order valence-corrected chi connectivity index (χ0v) is 14.7. The number of hydrogen-bond donors (Lipinski definition) is 0. The van der Waals surface area contributed by atoms with Crippen molar-refractivity contribution in [1.82, 2.24) is 0 Å². The second-order valence-corrected chi connectivity index (χ2v) is 7.17. The van der Waals surface area contributed by atoms with E-state index in [0.29, 0.717) is 16.6 Å². The molecule has 0 radical (unpaired) electrons. The van der Waals surface area contributed by atoms with E-state index in [1.54, 1.807) is 18.2 Å². The lowest BCUT2D eigenvalue weighted by Gasteiger charge is -2.26. The summed E-state index contributed by atoms with van der Waals surface area (Å²) in [5.74, 6) is -0.0757. The summed E-state index contributed by atoms with van der Waals surface area (Å²) in [6, 6.07) is 8.95. The maximum absolute atomic E-state index is 14.0. The molecule has 24 heavy (non-hydrogen) atoms. The van der Waals surface area contributed by atoms with E-state index in [0.717, 1.165) is 41.7 Å². The predicted octanol–water partition coefficient (Wildman–Crippen LogP) is 5.22. The fourth-order valence-electron chi connectivity index (χ4n) is 3.60. The third-order valence-electron chi connectivity index (χ3n) is 4.93. The number of halogens is 3. The molecule has 1 saturated carbocycles. The van der Waals surface area contributed by atoms with Crippen LogP contribution in [0.1, 0.15) is 29.5 Å². The third kappa shape index (κ3) is 2.42. The molecule has 5 heteroatoms. The normalized spacial score (nSPS) is 17.9. The van der Waals surface area contributed by atoms with Gasteiger partial charge in [0.1, 0.15) is 0 Å². The van der Waals surface area contributed by atoms with Crippen LogP contribution < -0.4 is 4.74 Å². The van der Waals surface area contributed by atoms with Gasteiger partial charge >= 0.3 is 0 Å². The average molecular weight is 364 g/mol. The Morgan fingerprint density at radius 1 is 1.17 bits per heavy atom. The predicted molar refractivity (Wildman–Crippen MR) is 95.4 cm³/mol. The van der Waals surface area contributed by atoms with Crippen LogP contribution in [-0.2, 0) is 11.8 Å². The fourth-order valence-corrected chi connectivity index (χ4v) is 4.19. The van der Waals surface area contributed by atoms with Crippen molar-refractivity contribution in [2.75, 3.05) is 13.7 Å². The van der Waals surface area contributed by atoms with Gasteiger partial charge in [-0.3, -0.25) is 4.99 Å². The molecule has 124 valence electrons. The summed E-state index contributed by atoms with van der Waals surface area (Å²) in [6.07, 6.45) is 2.70. The summed E-state index contributed by atoms with van der Waals surface area (Å²) in [5, 5.41) is 1.28. The topological polar surface area (TPSA) is 21.6 Å². The van der Waals surface area contributed by atoms with Crippen molar-refractivity contribution in [1.29, 1.82) is 0 Å². The van der Waals surface area contributed by atoms with Crippen LogP contribution in [0.15, 0.2) is 35.3 Å². The van der Waals surface area contributed by atoms with E-state index < -0.39 is 0 Å². The largest absolute Gasteiger partial charge is 0.494 e. The van der Waals surface area contributed by atoms with Crippen molar-refractivity contribution in [3.8, 4) is 5.75 Å². The maximum atomic E-state index is 14.0. The minimum absolute atomic E-state index is 0.195. The fraction of sp³-hybridized carbons (Fsp3) is 0.316. The average Bonchev–Trinajstić information content (AvgIpc) is 3.35. The van der Waals surface area contributed by atoms with Gasteiger partial charge in [-0.25, -0.2) is 4.39 Å². The van der Waals surface area contributed by atoms with Gasteiger partial charge in [0.05, 0.1) is 12.8 Å². The number of fused-ring (bicyclic) bond motifs is 1. The standard InChI is InChI=1S/C19H16Cl2FNO/c1-24-17-10-13-11(8-16(17)22)4-7-23-18(13)19(5-6-19)14-3-2-12(20)9-15(14)21/h2-3,8-10H,4-7H2,1H3. The zero-order chi connectivity index (χ0) is 16.9. The SMILES string of the molecule is COc1cc2c(cc1F)CCN=C2C1(c2ccc(Cl)cc2Cl)CC1. The van der Waals surface area contributed by atoms with E-state index in [1.807, 2.05) is 12.1 Å². The lowest BCUT2D eigenvalue weighted by Crippen LogP contribution is -2.27. The van der Waals surface area contributed by atoms with Crippen LogP contribution in [0.5, 0.6) is 5.75 Å². The molecule has 0 spiro atoms. The first-order valence-corrected chi connectivity index (χ1v) is 8.68. The Balaban J connectivity index is 1.85. The minimum Gasteiger partial charge on any atom is -0.494 e. The van der Waals surface area contributed by atoms with Crippen molar-refractivity contribution < 1.29 is 9.13 Å². The molecule has 0 N–H and O–H groups in total. The highest BCUT2D eigenvalue weighted by Gasteiger charge is 2.51. The van der Waals surface area contributed by atoms with E-state index in [4.69, 9.17) is 32.9 Å². The molecular formula is C19H16Cl2FNO. The second-order valence-electron chi connectivity index (χ2n) is 6.33. The highest BCUT2D eigenvalue weighted by atomic mass is 35.5. The van der Waals surface area contributed by atoms with Gasteiger partial charge in [0.15, 0.2) is 11.6 Å². The van der Waals surface area contributed by atoms with Crippen LogP contribution >= 0.6 is 23.2 Å². The Morgan fingerprint density at radius 3 is 2.62 bits per heavy atom. The van der Waals surface area contributed by atoms with Gasteiger partial charge in [-0.1, -0.05) is 29.3 Å². The molecule has 1 aliphatic carbocycles. The molecule has 4 rings (SSSR count). The summed E-state index contributed by atoms with van der Waals surface area (Å²) in [4.78, 5) is 4.80. The third-order valence-corrected chi connectivity index (χ3v) is 5.48. The molecule has 0 amide bonds. The van der Waals surface area contributed by atoms with Gasteiger partial charge in [-0.05, 0) is 54.7 Å². The van der Waals surface area contributed by atoms with E-state index in [-0.39, 0.29) is 17.0 Å². The van der Waals surface area contributed by atoms with Gasteiger partial charge in [0, 0.05) is 27.6 Å². The minimum atomic E-state index is -0.327. The monoisotopic (exact) mass is 363 g/mol. The maximum Gasteiger partial charge on any atom is 0.165 e. The van der Waals surface area contributed by atoms with Crippen LogP contribution in [0.2, 0.25) is 10.0 Å². The van der Waals surface area contributed by atoms with Crippen LogP contribution in [0, 0.1) is 5.82 Å². The second kappa shape index (κ2) is 5.75. The number of nitrogens with zero attached hydrogens (tertiary/aromatic N) is 1. The molecule has 2 aliphatic rings. The Hall–Kier alpha value is -1.58. The van der Waals surface area contributed by atoms with Gasteiger partial charge in [0.2, 0.25) is 0 Å². The number of hydrogen-bond acceptors (Lipinski definition) is 2. The molecule has 0 unspecified atom stereocenters. The van der Waals surface area contributed by atoms with Crippen molar-refractivity contribution in [3.05, 3.63) is 62.9 Å². The Bertz CT molecular complexity index is 859. The molecule has 1 aliphatic heterocycles. The smallest absolute Gasteiger partial charge is 0.165 e. The van der Waals surface area contributed by atoms with E-state index in [2.05, 4.69) is 0 Å². The van der Waals surface area contributed by atoms with E-state index in [1.165, 1.54) is 7.11 Å². The Morgan fingerprint density at radius 2 is 1.96 bits per heavy atom. The van der Waals surface area contributed by atoms with E-state index >= 15 is 0 Å². The number of methoxy groups -OCH3 is 1. The van der Waals surface area contributed by atoms with Crippen molar-refractivity contribution in [2.45, 2.75) is 24.7 Å². The Labute approximate surface area is 150 Å². The van der Waals surface area contributed by atoms with Crippen LogP contribution in [0.25, 0.3) is 0 Å². The quantitative estimate of drug-likeness (QED) is 0.732. The first-order chi connectivity index (χ1) is 11.5. The molecule has 0 saturated heterocycles. The summed E-state index contributed by atoms with van der Waals surface area (Å²) in [6.45, 7) is 0.668. The number of ether oxygens (including phenoxy) is 1. The summed E-state index contributed by atoms with van der Waals surface area (Å²) < 4.78 is 19.2. The zero-order valence-electron chi connectivity index (χ0n) is 13.2. The summed E-state index contributed by atoms with van der Waals surface area (Å²) in [5.41, 5.74) is 3.80. The number of rotatable bonds is 3. The Kier molecular flexibility index (Phi) is 3.81. The van der Waals surface area contributed by atoms with Crippen molar-refractivity contribution >= 4 is 28.9 Å². The molecule has 1 heterocycles. The molecule has 0 aromatic heterocycles. The highest BCUT2D eigenvalue weighted by molar-refractivity contribution is 6.35. The molecule has 0 bridgehead atoms. The molecule has 1 fully saturated rings. The summed E-state index contributed by atoms with van der Waals surface area (Å²) >= 11 is 12.5. The lowest BCUT2D eigenvalue weighted by atomic mass is 9.83. The lowest BCUT2D eigenvalue weighted by molar-refractivity contribution is 0.386. The summed E-state index contributed by atoms with van der Waals surface area (Å²) in [7, 11) is 1.48. The molecule has 2 aromatic carbocycles. The van der Waals surface area contributed by atoms with E-state index in [9.17, 15) is 4.39 Å². The molecular weight excluding hydrogens is 348 g/mol. The number of aliphatic imine (C=N–C) groups is 1. The van der Waals surface area contributed by atoms with Gasteiger partial charge in [0.25, 0.3) is 0 Å². The number of benzene rings is 2. The van der Waals surface area contributed by atoms with Crippen molar-refractivity contribution in [3.63, 3.8) is 0 Å². The van der Waals surface area contributed by atoms with Crippen LogP contribution in [-0.4, -0.2) is 19.4 Å². The van der Waals surface area contributed by atoms with Crippen molar-refractivity contribution in [2.24, 2.45) is 4.99 Å². The molecule has 2 aromatic rings. The van der Waals surface area contributed by atoms with Crippen LogP contribution in [0.3, 0.4) is 0 Å². The van der Waals surface area contributed by atoms with Crippen LogP contribution in [0.4, 0.5) is 4.39 Å². The molecule has 0 atom stereocenters. The van der Waals surface area contributed by atoms with Gasteiger partial charge in [-0.2, -0.15) is 0 Å². The first kappa shape index (κ1) is 15.9. The van der Waals surface area contributed by atoms with Gasteiger partial charge < -0.3 is 4.74 Å².